The quantitative estimate of drug-likeness (QED) is 0.945. The third kappa shape index (κ3) is 3.54. The third-order valence-electron chi connectivity index (χ3n) is 1.90. The normalized spacial score (nSPS) is 10.2. The Kier molecular flexibility index (Phi) is 3.75. The zero-order valence-corrected chi connectivity index (χ0v) is 10.9. The van der Waals surface area contributed by atoms with Gasteiger partial charge >= 0.3 is 0 Å². The second-order valence-electron chi connectivity index (χ2n) is 3.27. The van der Waals surface area contributed by atoms with E-state index in [1.165, 1.54) is 10.9 Å². The van der Waals surface area contributed by atoms with Crippen LogP contribution in [0.15, 0.2) is 35.2 Å². The van der Waals surface area contributed by atoms with E-state index in [1.807, 2.05) is 0 Å². The van der Waals surface area contributed by atoms with Crippen molar-refractivity contribution in [2.75, 3.05) is 5.32 Å². The van der Waals surface area contributed by atoms with Gasteiger partial charge in [0.1, 0.15) is 12.4 Å². The lowest BCUT2D eigenvalue weighted by atomic mass is 10.4. The first-order valence-corrected chi connectivity index (χ1v) is 5.90. The summed E-state index contributed by atoms with van der Waals surface area (Å²) in [6.07, 6.45) is 4.67. The number of halogens is 2. The first-order chi connectivity index (χ1) is 8.13. The van der Waals surface area contributed by atoms with Gasteiger partial charge in [0.15, 0.2) is 0 Å². The fourth-order valence-electron chi connectivity index (χ4n) is 1.20. The number of pyridine rings is 1. The highest BCUT2D eigenvalue weighted by Gasteiger charge is 2.05. The van der Waals surface area contributed by atoms with Crippen molar-refractivity contribution in [3.8, 4) is 0 Å². The summed E-state index contributed by atoms with van der Waals surface area (Å²) in [5.74, 6) is 0.288. The average Bonchev–Trinajstić information content (AvgIpc) is 2.67. The molecule has 2 aromatic heterocycles. The van der Waals surface area contributed by atoms with Crippen molar-refractivity contribution >= 4 is 39.3 Å². The van der Waals surface area contributed by atoms with Crippen LogP contribution in [-0.2, 0) is 11.3 Å². The Morgan fingerprint density at radius 1 is 1.47 bits per heavy atom. The van der Waals surface area contributed by atoms with E-state index in [9.17, 15) is 4.79 Å². The van der Waals surface area contributed by atoms with Crippen LogP contribution in [-0.4, -0.2) is 20.7 Å². The lowest BCUT2D eigenvalue weighted by molar-refractivity contribution is -0.116. The number of carbonyl (C=O) groups excluding carboxylic acids is 1. The molecule has 0 aliphatic rings. The van der Waals surface area contributed by atoms with Crippen LogP contribution >= 0.6 is 27.5 Å². The molecule has 0 saturated heterocycles. The number of nitrogens with zero attached hydrogens (tertiary/aromatic N) is 3. The number of aromatic nitrogens is 3. The van der Waals surface area contributed by atoms with Crippen LogP contribution in [0.3, 0.4) is 0 Å². The van der Waals surface area contributed by atoms with E-state index in [-0.39, 0.29) is 12.5 Å². The maximum atomic E-state index is 11.6. The van der Waals surface area contributed by atoms with Gasteiger partial charge < -0.3 is 5.32 Å². The Morgan fingerprint density at radius 3 is 2.88 bits per heavy atom. The van der Waals surface area contributed by atoms with Crippen LogP contribution in [0, 0.1) is 0 Å². The van der Waals surface area contributed by atoms with Crippen LogP contribution in [0.4, 0.5) is 5.82 Å². The van der Waals surface area contributed by atoms with Gasteiger partial charge in [-0.1, -0.05) is 11.6 Å². The predicted molar refractivity (Wildman–Crippen MR) is 67.8 cm³/mol. The number of nitrogens with one attached hydrogen (secondary N) is 1. The molecule has 0 spiro atoms. The Morgan fingerprint density at radius 2 is 2.29 bits per heavy atom. The molecule has 0 aliphatic heterocycles. The average molecular weight is 316 g/mol. The van der Waals surface area contributed by atoms with E-state index >= 15 is 0 Å². The van der Waals surface area contributed by atoms with Gasteiger partial charge in [0.2, 0.25) is 5.91 Å². The van der Waals surface area contributed by atoms with Crippen molar-refractivity contribution in [1.82, 2.24) is 14.8 Å². The first kappa shape index (κ1) is 12.1. The smallest absolute Gasteiger partial charge is 0.247 e. The number of rotatable bonds is 3. The maximum absolute atomic E-state index is 11.6. The van der Waals surface area contributed by atoms with Gasteiger partial charge in [-0.25, -0.2) is 4.98 Å². The number of anilines is 1. The summed E-state index contributed by atoms with van der Waals surface area (Å²) >= 11 is 8.95. The molecule has 5 nitrogen and oxygen atoms in total. The lowest BCUT2D eigenvalue weighted by Gasteiger charge is -2.04. The summed E-state index contributed by atoms with van der Waals surface area (Å²) < 4.78 is 2.31. The van der Waals surface area contributed by atoms with E-state index in [1.54, 1.807) is 24.5 Å². The Hall–Kier alpha value is -1.40. The van der Waals surface area contributed by atoms with Crippen molar-refractivity contribution < 1.29 is 4.79 Å². The van der Waals surface area contributed by atoms with Gasteiger partial charge in [-0.3, -0.25) is 9.48 Å². The van der Waals surface area contributed by atoms with Gasteiger partial charge in [-0.15, -0.1) is 0 Å². The molecule has 0 bridgehead atoms. The highest BCUT2D eigenvalue weighted by molar-refractivity contribution is 9.10. The second-order valence-corrected chi connectivity index (χ2v) is 4.62. The van der Waals surface area contributed by atoms with E-state index in [0.29, 0.717) is 10.8 Å². The van der Waals surface area contributed by atoms with Crippen molar-refractivity contribution in [2.24, 2.45) is 0 Å². The SMILES string of the molecule is O=C(Cn1cc(Cl)cn1)Nc1ccc(Br)cn1. The molecule has 7 heteroatoms. The molecule has 17 heavy (non-hydrogen) atoms. The summed E-state index contributed by atoms with van der Waals surface area (Å²) in [6, 6.07) is 3.51. The van der Waals surface area contributed by atoms with E-state index in [0.717, 1.165) is 4.47 Å². The van der Waals surface area contributed by atoms with Gasteiger partial charge in [-0.05, 0) is 28.1 Å². The molecule has 0 radical (unpaired) electrons. The van der Waals surface area contributed by atoms with E-state index in [4.69, 9.17) is 11.6 Å². The zero-order valence-electron chi connectivity index (χ0n) is 8.60. The van der Waals surface area contributed by atoms with Crippen LogP contribution in [0.25, 0.3) is 0 Å². The van der Waals surface area contributed by atoms with Crippen LogP contribution in [0.1, 0.15) is 0 Å². The van der Waals surface area contributed by atoms with Crippen molar-refractivity contribution in [3.63, 3.8) is 0 Å². The molecule has 88 valence electrons. The minimum Gasteiger partial charge on any atom is -0.309 e. The predicted octanol–water partition coefficient (Wildman–Crippen LogP) is 2.33. The van der Waals surface area contributed by atoms with E-state index < -0.39 is 0 Å². The monoisotopic (exact) mass is 314 g/mol. The summed E-state index contributed by atoms with van der Waals surface area (Å²) in [4.78, 5) is 15.6. The minimum absolute atomic E-state index is 0.102. The molecular weight excluding hydrogens is 307 g/mol. The van der Waals surface area contributed by atoms with Gasteiger partial charge in [0.05, 0.1) is 11.2 Å². The standard InChI is InChI=1S/C10H8BrClN4O/c11-7-1-2-9(13-3-7)15-10(17)6-16-5-8(12)4-14-16/h1-5H,6H2,(H,13,15,17). The first-order valence-electron chi connectivity index (χ1n) is 4.73. The minimum atomic E-state index is -0.209. The number of amides is 1. The van der Waals surface area contributed by atoms with Gasteiger partial charge in [0, 0.05) is 16.9 Å². The molecule has 0 saturated carbocycles. The largest absolute Gasteiger partial charge is 0.309 e. The summed E-state index contributed by atoms with van der Waals surface area (Å²) in [5.41, 5.74) is 0. The Labute approximate surface area is 111 Å². The fraction of sp³-hybridized carbons (Fsp3) is 0.100. The molecule has 0 unspecified atom stereocenters. The summed E-state index contributed by atoms with van der Waals surface area (Å²) in [7, 11) is 0. The molecule has 2 heterocycles. The van der Waals surface area contributed by atoms with Gasteiger partial charge in [0.25, 0.3) is 0 Å². The van der Waals surface area contributed by atoms with Crippen LogP contribution in [0.5, 0.6) is 0 Å². The number of hydrogen-bond acceptors (Lipinski definition) is 3. The molecule has 1 N–H and O–H groups in total. The Bertz CT molecular complexity index is 525. The highest BCUT2D eigenvalue weighted by Crippen LogP contribution is 2.10. The van der Waals surface area contributed by atoms with Crippen molar-refractivity contribution in [2.45, 2.75) is 6.54 Å². The third-order valence-corrected chi connectivity index (χ3v) is 2.57. The fourth-order valence-corrected chi connectivity index (χ4v) is 1.59. The van der Waals surface area contributed by atoms with Gasteiger partial charge in [-0.2, -0.15) is 5.10 Å². The van der Waals surface area contributed by atoms with Crippen LogP contribution in [0.2, 0.25) is 5.02 Å². The van der Waals surface area contributed by atoms with Crippen LogP contribution < -0.4 is 5.32 Å². The van der Waals surface area contributed by atoms with Crippen molar-refractivity contribution in [1.29, 1.82) is 0 Å². The molecule has 1 amide bonds. The second kappa shape index (κ2) is 5.29. The van der Waals surface area contributed by atoms with E-state index in [2.05, 4.69) is 31.3 Å². The topological polar surface area (TPSA) is 59.8 Å². The molecule has 2 aromatic rings. The van der Waals surface area contributed by atoms with Crippen molar-refractivity contribution in [3.05, 3.63) is 40.2 Å². The summed E-state index contributed by atoms with van der Waals surface area (Å²) in [6.45, 7) is 0.102. The zero-order chi connectivity index (χ0) is 12.3. The Balaban J connectivity index is 1.95. The molecule has 0 aliphatic carbocycles. The summed E-state index contributed by atoms with van der Waals surface area (Å²) in [5, 5.41) is 7.06. The molecule has 0 aromatic carbocycles. The molecule has 0 fully saturated rings. The lowest BCUT2D eigenvalue weighted by Crippen LogP contribution is -2.19. The molecule has 2 rings (SSSR count). The number of hydrogen-bond donors (Lipinski definition) is 1. The number of carbonyl (C=O) groups is 1. The molecule has 0 atom stereocenters. The maximum Gasteiger partial charge on any atom is 0.247 e. The molecular formula is C10H8BrClN4O. The highest BCUT2D eigenvalue weighted by atomic mass is 79.9.